The molecule has 31 heavy (non-hydrogen) atoms. The molecule has 0 saturated carbocycles. The molecule has 0 spiro atoms. The van der Waals surface area contributed by atoms with E-state index in [2.05, 4.69) is 10.6 Å². The van der Waals surface area contributed by atoms with Gasteiger partial charge in [0.25, 0.3) is 17.1 Å². The van der Waals surface area contributed by atoms with Crippen molar-refractivity contribution in [2.75, 3.05) is 19.6 Å². The standard InChI is InChI=1S/C22H20ClN3O4S/c1-14-6-8-15(9-7-14)20(28)25-13-19(27)24-10-11-26-21(29)18(31-22(26)30)12-16-4-2-3-5-17(16)23/h2-9,12H,10-11,13H2,1H3,(H,24,27)(H,25,28). The number of imide groups is 1. The molecule has 7 nitrogen and oxygen atoms in total. The smallest absolute Gasteiger partial charge is 0.293 e. The van der Waals surface area contributed by atoms with Crippen molar-refractivity contribution in [1.82, 2.24) is 15.5 Å². The number of rotatable bonds is 7. The molecular weight excluding hydrogens is 438 g/mol. The number of halogens is 1. The summed E-state index contributed by atoms with van der Waals surface area (Å²) in [6.45, 7) is 1.82. The van der Waals surface area contributed by atoms with E-state index >= 15 is 0 Å². The van der Waals surface area contributed by atoms with Gasteiger partial charge in [0.05, 0.1) is 11.4 Å². The van der Waals surface area contributed by atoms with Crippen molar-refractivity contribution >= 4 is 52.4 Å². The Bertz CT molecular complexity index is 1050. The van der Waals surface area contributed by atoms with Crippen molar-refractivity contribution in [2.45, 2.75) is 6.92 Å². The molecule has 9 heteroatoms. The number of hydrogen-bond donors (Lipinski definition) is 2. The first-order valence-electron chi connectivity index (χ1n) is 9.46. The molecule has 1 fully saturated rings. The van der Waals surface area contributed by atoms with E-state index in [-0.39, 0.29) is 30.4 Å². The van der Waals surface area contributed by atoms with Crippen LogP contribution in [0.2, 0.25) is 5.02 Å². The predicted octanol–water partition coefficient (Wildman–Crippen LogP) is 3.23. The summed E-state index contributed by atoms with van der Waals surface area (Å²) >= 11 is 6.93. The van der Waals surface area contributed by atoms with Gasteiger partial charge in [0.1, 0.15) is 0 Å². The Morgan fingerprint density at radius 1 is 1.06 bits per heavy atom. The van der Waals surface area contributed by atoms with E-state index in [1.54, 1.807) is 42.5 Å². The minimum atomic E-state index is -0.433. The Hall–Kier alpha value is -3.10. The van der Waals surface area contributed by atoms with Crippen LogP contribution in [0.5, 0.6) is 0 Å². The van der Waals surface area contributed by atoms with Crippen LogP contribution in [0.4, 0.5) is 4.79 Å². The lowest BCUT2D eigenvalue weighted by Crippen LogP contribution is -2.41. The molecule has 3 rings (SSSR count). The monoisotopic (exact) mass is 457 g/mol. The highest BCUT2D eigenvalue weighted by molar-refractivity contribution is 8.18. The van der Waals surface area contributed by atoms with Crippen molar-refractivity contribution in [3.05, 3.63) is 75.1 Å². The average molecular weight is 458 g/mol. The maximum Gasteiger partial charge on any atom is 0.293 e. The fourth-order valence-electron chi connectivity index (χ4n) is 2.76. The quantitative estimate of drug-likeness (QED) is 0.622. The minimum absolute atomic E-state index is 0.0299. The second kappa shape index (κ2) is 10.3. The van der Waals surface area contributed by atoms with E-state index in [0.29, 0.717) is 16.1 Å². The molecule has 0 radical (unpaired) electrons. The van der Waals surface area contributed by atoms with Crippen LogP contribution in [-0.4, -0.2) is 47.5 Å². The summed E-state index contributed by atoms with van der Waals surface area (Å²) in [4.78, 5) is 50.0. The molecule has 0 unspecified atom stereocenters. The molecule has 1 heterocycles. The van der Waals surface area contributed by atoms with Crippen LogP contribution in [-0.2, 0) is 9.59 Å². The SMILES string of the molecule is Cc1ccc(C(=O)NCC(=O)NCCN2C(=O)SC(=Cc3ccccc3Cl)C2=O)cc1. The summed E-state index contributed by atoms with van der Waals surface area (Å²) in [5.74, 6) is -1.21. The third-order valence-corrected chi connectivity index (χ3v) is 5.70. The van der Waals surface area contributed by atoms with Crippen LogP contribution in [0.25, 0.3) is 6.08 Å². The average Bonchev–Trinajstić information content (AvgIpc) is 3.01. The van der Waals surface area contributed by atoms with E-state index in [1.807, 2.05) is 19.1 Å². The molecule has 0 aliphatic carbocycles. The lowest BCUT2D eigenvalue weighted by molar-refractivity contribution is -0.124. The number of carbonyl (C=O) groups excluding carboxylic acids is 4. The van der Waals surface area contributed by atoms with Gasteiger partial charge in [-0.05, 0) is 48.5 Å². The summed E-state index contributed by atoms with van der Waals surface area (Å²) < 4.78 is 0. The van der Waals surface area contributed by atoms with Gasteiger partial charge in [-0.1, -0.05) is 47.5 Å². The van der Waals surface area contributed by atoms with Crippen molar-refractivity contribution in [3.8, 4) is 0 Å². The van der Waals surface area contributed by atoms with Gasteiger partial charge < -0.3 is 10.6 Å². The van der Waals surface area contributed by atoms with E-state index < -0.39 is 17.1 Å². The van der Waals surface area contributed by atoms with Gasteiger partial charge in [-0.25, -0.2) is 0 Å². The summed E-state index contributed by atoms with van der Waals surface area (Å²) in [6, 6.07) is 14.0. The number of thioether (sulfide) groups is 1. The lowest BCUT2D eigenvalue weighted by atomic mass is 10.1. The zero-order valence-corrected chi connectivity index (χ0v) is 18.3. The van der Waals surface area contributed by atoms with Crippen LogP contribution in [0.3, 0.4) is 0 Å². The van der Waals surface area contributed by atoms with Crippen molar-refractivity contribution in [1.29, 1.82) is 0 Å². The maximum atomic E-state index is 12.5. The number of amides is 4. The topological polar surface area (TPSA) is 95.6 Å². The van der Waals surface area contributed by atoms with Crippen molar-refractivity contribution in [2.24, 2.45) is 0 Å². The van der Waals surface area contributed by atoms with Gasteiger partial charge in [-0.2, -0.15) is 0 Å². The van der Waals surface area contributed by atoms with Gasteiger partial charge in [0.15, 0.2) is 0 Å². The summed E-state index contributed by atoms with van der Waals surface area (Å²) in [6.07, 6.45) is 1.58. The second-order valence-corrected chi connectivity index (χ2v) is 8.15. The van der Waals surface area contributed by atoms with E-state index in [4.69, 9.17) is 11.6 Å². The van der Waals surface area contributed by atoms with Crippen LogP contribution < -0.4 is 10.6 Å². The van der Waals surface area contributed by atoms with Crippen molar-refractivity contribution < 1.29 is 19.2 Å². The first-order chi connectivity index (χ1) is 14.8. The molecule has 1 aliphatic rings. The molecule has 4 amide bonds. The summed E-state index contributed by atoms with van der Waals surface area (Å²) in [5.41, 5.74) is 2.14. The Morgan fingerprint density at radius 3 is 2.48 bits per heavy atom. The Balaban J connectivity index is 1.46. The normalized spacial score (nSPS) is 14.8. The third kappa shape index (κ3) is 5.96. The van der Waals surface area contributed by atoms with Crippen LogP contribution in [0, 0.1) is 6.92 Å². The first kappa shape index (κ1) is 22.6. The highest BCUT2D eigenvalue weighted by Gasteiger charge is 2.34. The molecule has 1 saturated heterocycles. The number of aryl methyl sites for hydroxylation is 1. The molecule has 0 bridgehead atoms. The predicted molar refractivity (Wildman–Crippen MR) is 121 cm³/mol. The van der Waals surface area contributed by atoms with Crippen LogP contribution in [0.15, 0.2) is 53.4 Å². The Labute approximate surface area is 188 Å². The zero-order chi connectivity index (χ0) is 22.4. The number of nitrogens with zero attached hydrogens (tertiary/aromatic N) is 1. The fraction of sp³-hybridized carbons (Fsp3) is 0.182. The zero-order valence-electron chi connectivity index (χ0n) is 16.7. The molecule has 2 aromatic rings. The highest BCUT2D eigenvalue weighted by atomic mass is 35.5. The van der Waals surface area contributed by atoms with E-state index in [0.717, 1.165) is 22.2 Å². The van der Waals surface area contributed by atoms with E-state index in [1.165, 1.54) is 0 Å². The summed E-state index contributed by atoms with van der Waals surface area (Å²) in [7, 11) is 0. The molecular formula is C22H20ClN3O4S. The van der Waals surface area contributed by atoms with Gasteiger partial charge in [-0.15, -0.1) is 0 Å². The van der Waals surface area contributed by atoms with Gasteiger partial charge in [0.2, 0.25) is 5.91 Å². The van der Waals surface area contributed by atoms with Gasteiger partial charge in [0, 0.05) is 23.7 Å². The Kier molecular flexibility index (Phi) is 7.49. The minimum Gasteiger partial charge on any atom is -0.353 e. The van der Waals surface area contributed by atoms with Crippen LogP contribution in [0.1, 0.15) is 21.5 Å². The molecule has 1 aliphatic heterocycles. The summed E-state index contributed by atoms with van der Waals surface area (Å²) in [5, 5.41) is 5.19. The first-order valence-corrected chi connectivity index (χ1v) is 10.7. The highest BCUT2D eigenvalue weighted by Crippen LogP contribution is 2.33. The van der Waals surface area contributed by atoms with Gasteiger partial charge >= 0.3 is 0 Å². The second-order valence-electron chi connectivity index (χ2n) is 6.75. The van der Waals surface area contributed by atoms with Gasteiger partial charge in [-0.3, -0.25) is 24.1 Å². The largest absolute Gasteiger partial charge is 0.353 e. The van der Waals surface area contributed by atoms with Crippen LogP contribution >= 0.6 is 23.4 Å². The number of hydrogen-bond acceptors (Lipinski definition) is 5. The molecule has 0 atom stereocenters. The Morgan fingerprint density at radius 2 is 1.77 bits per heavy atom. The number of carbonyl (C=O) groups is 4. The molecule has 2 N–H and O–H groups in total. The fourth-order valence-corrected chi connectivity index (χ4v) is 3.81. The molecule has 0 aromatic heterocycles. The number of benzene rings is 2. The molecule has 160 valence electrons. The van der Waals surface area contributed by atoms with Crippen molar-refractivity contribution in [3.63, 3.8) is 0 Å². The molecule has 2 aromatic carbocycles. The van der Waals surface area contributed by atoms with E-state index in [9.17, 15) is 19.2 Å². The number of nitrogens with one attached hydrogen (secondary N) is 2. The maximum absolute atomic E-state index is 12.5. The lowest BCUT2D eigenvalue weighted by Gasteiger charge is -2.13. The third-order valence-electron chi connectivity index (χ3n) is 4.45.